The van der Waals surface area contributed by atoms with Gasteiger partial charge in [-0.25, -0.2) is 0 Å². The molecule has 1 atom stereocenters. The largest absolute Gasteiger partial charge is 0.288 e. The van der Waals surface area contributed by atoms with Crippen LogP contribution in [0.1, 0.15) is 31.7 Å². The molecule has 14 heavy (non-hydrogen) atoms. The Morgan fingerprint density at radius 3 is 2.71 bits per heavy atom. The van der Waals surface area contributed by atoms with Gasteiger partial charge in [-0.05, 0) is 24.0 Å². The van der Waals surface area contributed by atoms with Crippen LogP contribution < -0.4 is 0 Å². The number of benzene rings is 1. The highest BCUT2D eigenvalue weighted by Crippen LogP contribution is 2.29. The van der Waals surface area contributed by atoms with Gasteiger partial charge in [0.05, 0.1) is 4.92 Å². The fraction of sp³-hybridized carbons (Fsp3) is 0.400. The lowest BCUT2D eigenvalue weighted by molar-refractivity contribution is -0.384. The molecule has 1 rings (SSSR count). The lowest BCUT2D eigenvalue weighted by atomic mass is 9.98. The van der Waals surface area contributed by atoms with Gasteiger partial charge in [-0.3, -0.25) is 10.1 Å². The number of hydrogen-bond donors (Lipinski definition) is 0. The van der Waals surface area contributed by atoms with E-state index in [2.05, 4.69) is 0 Å². The van der Waals surface area contributed by atoms with E-state index in [-0.39, 0.29) is 10.7 Å². The van der Waals surface area contributed by atoms with Gasteiger partial charge in [0.2, 0.25) is 0 Å². The van der Waals surface area contributed by atoms with E-state index in [1.165, 1.54) is 0 Å². The fourth-order valence-corrected chi connectivity index (χ4v) is 1.40. The smallest absolute Gasteiger partial charge is 0.258 e. The number of hydrogen-bond acceptors (Lipinski definition) is 2. The van der Waals surface area contributed by atoms with Gasteiger partial charge in [-0.2, -0.15) is 0 Å². The topological polar surface area (TPSA) is 43.1 Å². The molecule has 0 aliphatic heterocycles. The molecule has 0 amide bonds. The molecule has 0 bridgehead atoms. The van der Waals surface area contributed by atoms with Crippen molar-refractivity contribution < 1.29 is 4.92 Å². The lowest BCUT2D eigenvalue weighted by Gasteiger charge is -2.08. The Morgan fingerprint density at radius 2 is 2.21 bits per heavy atom. The van der Waals surface area contributed by atoms with Gasteiger partial charge in [0.25, 0.3) is 5.69 Å². The predicted molar refractivity (Wildman–Crippen MR) is 56.8 cm³/mol. The molecule has 76 valence electrons. The summed E-state index contributed by atoms with van der Waals surface area (Å²) >= 11 is 5.70. The third-order valence-electron chi connectivity index (χ3n) is 2.35. The summed E-state index contributed by atoms with van der Waals surface area (Å²) in [5.74, 6) is 0.325. The minimum Gasteiger partial charge on any atom is -0.258 e. The molecule has 0 heterocycles. The Morgan fingerprint density at radius 1 is 1.57 bits per heavy atom. The second-order valence-electron chi connectivity index (χ2n) is 3.28. The highest BCUT2D eigenvalue weighted by molar-refractivity contribution is 6.32. The van der Waals surface area contributed by atoms with Gasteiger partial charge in [0.15, 0.2) is 0 Å². The third-order valence-corrected chi connectivity index (χ3v) is 2.67. The number of halogens is 1. The molecule has 3 nitrogen and oxygen atoms in total. The van der Waals surface area contributed by atoms with Gasteiger partial charge in [-0.15, -0.1) is 0 Å². The normalized spacial score (nSPS) is 12.5. The molecule has 4 heteroatoms. The first kappa shape index (κ1) is 11.0. The Kier molecular flexibility index (Phi) is 3.47. The van der Waals surface area contributed by atoms with Gasteiger partial charge in [0.1, 0.15) is 5.02 Å². The molecule has 0 aromatic heterocycles. The van der Waals surface area contributed by atoms with Crippen molar-refractivity contribution in [2.45, 2.75) is 26.2 Å². The molecule has 0 spiro atoms. The van der Waals surface area contributed by atoms with Crippen molar-refractivity contribution >= 4 is 17.3 Å². The fourth-order valence-electron chi connectivity index (χ4n) is 1.21. The van der Waals surface area contributed by atoms with Crippen molar-refractivity contribution in [2.75, 3.05) is 0 Å². The summed E-state index contributed by atoms with van der Waals surface area (Å²) in [6.45, 7) is 4.08. The molecule has 0 fully saturated rings. The van der Waals surface area contributed by atoms with E-state index in [1.807, 2.05) is 19.9 Å². The molecule has 0 N–H and O–H groups in total. The third kappa shape index (κ3) is 2.23. The molecular weight excluding hydrogens is 202 g/mol. The van der Waals surface area contributed by atoms with Crippen LogP contribution in [0.2, 0.25) is 5.02 Å². The van der Waals surface area contributed by atoms with E-state index >= 15 is 0 Å². The van der Waals surface area contributed by atoms with Crippen molar-refractivity contribution in [1.29, 1.82) is 0 Å². The predicted octanol–water partition coefficient (Wildman–Crippen LogP) is 3.76. The maximum atomic E-state index is 10.6. The van der Waals surface area contributed by atoms with E-state index < -0.39 is 4.92 Å². The molecular formula is C10H12ClNO2. The maximum Gasteiger partial charge on any atom is 0.288 e. The van der Waals surface area contributed by atoms with Crippen molar-refractivity contribution in [3.63, 3.8) is 0 Å². The van der Waals surface area contributed by atoms with E-state index in [0.29, 0.717) is 5.92 Å². The molecule has 1 aromatic rings. The molecule has 0 aliphatic rings. The van der Waals surface area contributed by atoms with Crippen LogP contribution in [0.25, 0.3) is 0 Å². The number of nitro groups is 1. The zero-order valence-corrected chi connectivity index (χ0v) is 8.91. The van der Waals surface area contributed by atoms with Crippen LogP contribution in [0.5, 0.6) is 0 Å². The zero-order chi connectivity index (χ0) is 10.7. The Bertz CT molecular complexity index is 352. The lowest BCUT2D eigenvalue weighted by Crippen LogP contribution is -1.95. The Hall–Kier alpha value is -1.09. The quantitative estimate of drug-likeness (QED) is 0.567. The summed E-state index contributed by atoms with van der Waals surface area (Å²) in [5, 5.41) is 10.8. The Labute approximate surface area is 87.8 Å². The summed E-state index contributed by atoms with van der Waals surface area (Å²) in [5.41, 5.74) is 0.952. The van der Waals surface area contributed by atoms with E-state index in [1.54, 1.807) is 12.1 Å². The first-order chi connectivity index (χ1) is 6.56. The maximum absolute atomic E-state index is 10.6. The molecule has 0 radical (unpaired) electrons. The van der Waals surface area contributed by atoms with Gasteiger partial charge in [0, 0.05) is 6.07 Å². The van der Waals surface area contributed by atoms with Gasteiger partial charge in [-0.1, -0.05) is 31.5 Å². The second-order valence-corrected chi connectivity index (χ2v) is 3.68. The molecule has 0 saturated carbocycles. The average molecular weight is 214 g/mol. The summed E-state index contributed by atoms with van der Waals surface area (Å²) < 4.78 is 0. The van der Waals surface area contributed by atoms with Crippen LogP contribution in [-0.4, -0.2) is 4.92 Å². The SMILES string of the molecule is CCC(C)c1ccc(Cl)c([N+](=O)[O-])c1. The Balaban J connectivity index is 3.12. The summed E-state index contributed by atoms with van der Waals surface area (Å²) in [7, 11) is 0. The molecule has 1 aromatic carbocycles. The summed E-state index contributed by atoms with van der Waals surface area (Å²) in [4.78, 5) is 10.2. The van der Waals surface area contributed by atoms with Crippen LogP contribution in [0.3, 0.4) is 0 Å². The van der Waals surface area contributed by atoms with Gasteiger partial charge >= 0.3 is 0 Å². The minimum absolute atomic E-state index is 0.00975. The monoisotopic (exact) mass is 213 g/mol. The van der Waals surface area contributed by atoms with E-state index in [9.17, 15) is 10.1 Å². The average Bonchev–Trinajstić information content (AvgIpc) is 2.17. The molecule has 0 aliphatic carbocycles. The molecule has 0 saturated heterocycles. The van der Waals surface area contributed by atoms with E-state index in [4.69, 9.17) is 11.6 Å². The standard InChI is InChI=1S/C10H12ClNO2/c1-3-7(2)8-4-5-9(11)10(6-8)12(13)14/h4-7H,3H2,1-2H3. The van der Waals surface area contributed by atoms with Crippen molar-refractivity contribution in [3.8, 4) is 0 Å². The number of nitrogens with zero attached hydrogens (tertiary/aromatic N) is 1. The second kappa shape index (κ2) is 4.42. The van der Waals surface area contributed by atoms with Crippen molar-refractivity contribution in [2.24, 2.45) is 0 Å². The number of rotatable bonds is 3. The summed E-state index contributed by atoms with van der Waals surface area (Å²) in [6.07, 6.45) is 0.957. The first-order valence-electron chi connectivity index (χ1n) is 4.50. The van der Waals surface area contributed by atoms with Crippen LogP contribution in [0.15, 0.2) is 18.2 Å². The zero-order valence-electron chi connectivity index (χ0n) is 8.16. The highest BCUT2D eigenvalue weighted by atomic mass is 35.5. The number of nitro benzene ring substituents is 1. The first-order valence-corrected chi connectivity index (χ1v) is 4.88. The highest BCUT2D eigenvalue weighted by Gasteiger charge is 2.14. The molecule has 1 unspecified atom stereocenters. The van der Waals surface area contributed by atoms with Crippen LogP contribution >= 0.6 is 11.6 Å². The minimum atomic E-state index is -0.450. The van der Waals surface area contributed by atoms with Crippen LogP contribution in [0, 0.1) is 10.1 Å². The van der Waals surface area contributed by atoms with Gasteiger partial charge < -0.3 is 0 Å². The van der Waals surface area contributed by atoms with Crippen LogP contribution in [0.4, 0.5) is 5.69 Å². The van der Waals surface area contributed by atoms with E-state index in [0.717, 1.165) is 12.0 Å². The summed E-state index contributed by atoms with van der Waals surface area (Å²) in [6, 6.07) is 4.97. The van der Waals surface area contributed by atoms with Crippen LogP contribution in [-0.2, 0) is 0 Å². The van der Waals surface area contributed by atoms with Crippen molar-refractivity contribution in [3.05, 3.63) is 38.9 Å². The van der Waals surface area contributed by atoms with Crippen molar-refractivity contribution in [1.82, 2.24) is 0 Å².